The average molecular weight is 437 g/mol. The average Bonchev–Trinajstić information content (AvgIpc) is 2.53. The molecule has 0 radical (unpaired) electrons. The number of sulfonamides is 1. The van der Waals surface area contributed by atoms with Gasteiger partial charge in [0, 0.05) is 4.47 Å². The van der Waals surface area contributed by atoms with Gasteiger partial charge in [0.2, 0.25) is 15.9 Å². The first-order chi connectivity index (χ1) is 11.6. The minimum Gasteiger partial charge on any atom is -0.322 e. The number of benzene rings is 2. The summed E-state index contributed by atoms with van der Waals surface area (Å²) in [5.41, 5.74) is 0.233. The normalized spacial score (nSPS) is 11.4. The zero-order chi connectivity index (χ0) is 18.8. The molecule has 0 saturated carbocycles. The van der Waals surface area contributed by atoms with E-state index >= 15 is 0 Å². The van der Waals surface area contributed by atoms with Crippen LogP contribution in [0.2, 0.25) is 0 Å². The van der Waals surface area contributed by atoms with Gasteiger partial charge >= 0.3 is 0 Å². The van der Waals surface area contributed by atoms with Crippen LogP contribution in [-0.4, -0.2) is 20.9 Å². The van der Waals surface area contributed by atoms with Crippen LogP contribution in [0.15, 0.2) is 39.7 Å². The first-order valence-corrected chi connectivity index (χ1v) is 9.08. The van der Waals surface area contributed by atoms with Crippen molar-refractivity contribution in [1.29, 1.82) is 0 Å². The van der Waals surface area contributed by atoms with Crippen LogP contribution in [0.3, 0.4) is 0 Å². The maximum atomic E-state index is 13.5. The van der Waals surface area contributed by atoms with Crippen LogP contribution in [0, 0.1) is 24.4 Å². The molecule has 0 aliphatic heterocycles. The molecule has 0 unspecified atom stereocenters. The van der Waals surface area contributed by atoms with E-state index in [0.29, 0.717) is 10.5 Å². The molecule has 25 heavy (non-hydrogen) atoms. The van der Waals surface area contributed by atoms with E-state index in [2.05, 4.69) is 15.9 Å². The molecule has 0 saturated heterocycles. The van der Waals surface area contributed by atoms with E-state index in [0.717, 1.165) is 11.6 Å². The summed E-state index contributed by atoms with van der Waals surface area (Å²) in [6.07, 6.45) is 0. The Labute approximate surface area is 150 Å². The number of rotatable bonds is 5. The van der Waals surface area contributed by atoms with E-state index in [1.165, 1.54) is 6.07 Å². The van der Waals surface area contributed by atoms with Crippen LogP contribution in [-0.2, 0) is 14.8 Å². The zero-order valence-corrected chi connectivity index (χ0v) is 15.1. The van der Waals surface area contributed by atoms with Crippen molar-refractivity contribution in [1.82, 2.24) is 4.72 Å². The number of hydrogen-bond donors (Lipinski definition) is 2. The second-order valence-corrected chi connectivity index (χ2v) is 7.62. The molecule has 5 nitrogen and oxygen atoms in total. The highest BCUT2D eigenvalue weighted by Crippen LogP contribution is 2.23. The molecule has 0 atom stereocenters. The van der Waals surface area contributed by atoms with Gasteiger partial charge in [-0.25, -0.2) is 26.3 Å². The monoisotopic (exact) mass is 436 g/mol. The van der Waals surface area contributed by atoms with Crippen molar-refractivity contribution in [3.05, 3.63) is 57.8 Å². The van der Waals surface area contributed by atoms with Crippen molar-refractivity contribution in [2.75, 3.05) is 11.9 Å². The molecule has 0 bridgehead atoms. The molecule has 2 N–H and O–H groups in total. The first kappa shape index (κ1) is 19.4. The number of amides is 1. The van der Waals surface area contributed by atoms with Gasteiger partial charge in [-0.15, -0.1) is 0 Å². The molecule has 0 fully saturated rings. The number of halogens is 4. The fourth-order valence-electron chi connectivity index (χ4n) is 1.88. The Hall–Kier alpha value is -1.91. The topological polar surface area (TPSA) is 75.3 Å². The highest BCUT2D eigenvalue weighted by atomic mass is 79.9. The minimum atomic E-state index is -4.01. The maximum Gasteiger partial charge on any atom is 0.242 e. The summed E-state index contributed by atoms with van der Waals surface area (Å²) < 4.78 is 66.1. The van der Waals surface area contributed by atoms with Crippen molar-refractivity contribution >= 4 is 37.5 Å². The van der Waals surface area contributed by atoms with Crippen LogP contribution in [0.5, 0.6) is 0 Å². The van der Waals surface area contributed by atoms with Crippen molar-refractivity contribution in [2.45, 2.75) is 11.8 Å². The number of carbonyl (C=O) groups is 1. The Morgan fingerprint density at radius 3 is 2.44 bits per heavy atom. The molecule has 2 rings (SSSR count). The van der Waals surface area contributed by atoms with Gasteiger partial charge in [0.25, 0.3) is 0 Å². The third kappa shape index (κ3) is 4.59. The van der Waals surface area contributed by atoms with E-state index < -0.39 is 45.6 Å². The fraction of sp³-hybridized carbons (Fsp3) is 0.133. The van der Waals surface area contributed by atoms with Crippen LogP contribution >= 0.6 is 15.9 Å². The Morgan fingerprint density at radius 2 is 1.80 bits per heavy atom. The smallest absolute Gasteiger partial charge is 0.242 e. The first-order valence-electron chi connectivity index (χ1n) is 6.81. The molecule has 134 valence electrons. The lowest BCUT2D eigenvalue weighted by Gasteiger charge is -2.10. The van der Waals surface area contributed by atoms with Crippen molar-refractivity contribution in [3.63, 3.8) is 0 Å². The SMILES string of the molecule is Cc1ccc(S(=O)(=O)NCC(=O)Nc2ccc(F)c(F)c2F)c(Br)c1. The van der Waals surface area contributed by atoms with E-state index in [1.807, 2.05) is 10.0 Å². The van der Waals surface area contributed by atoms with Gasteiger partial charge in [-0.1, -0.05) is 6.07 Å². The third-order valence-electron chi connectivity index (χ3n) is 3.11. The lowest BCUT2D eigenvalue weighted by molar-refractivity contribution is -0.115. The van der Waals surface area contributed by atoms with E-state index in [-0.39, 0.29) is 4.90 Å². The summed E-state index contributed by atoms with van der Waals surface area (Å²) in [6.45, 7) is 1.06. The highest BCUT2D eigenvalue weighted by Gasteiger charge is 2.20. The lowest BCUT2D eigenvalue weighted by atomic mass is 10.2. The molecule has 0 aliphatic carbocycles. The summed E-state index contributed by atoms with van der Waals surface area (Å²) in [6, 6.07) is 5.99. The second-order valence-electron chi connectivity index (χ2n) is 5.03. The predicted octanol–water partition coefficient (Wildman–Crippen LogP) is 3.09. The molecular weight excluding hydrogens is 425 g/mol. The van der Waals surface area contributed by atoms with Crippen LogP contribution < -0.4 is 10.0 Å². The van der Waals surface area contributed by atoms with Gasteiger partial charge in [0.05, 0.1) is 17.1 Å². The Balaban J connectivity index is 2.08. The molecule has 0 spiro atoms. The molecule has 0 aromatic heterocycles. The molecule has 0 aliphatic rings. The third-order valence-corrected chi connectivity index (χ3v) is 5.49. The number of carbonyl (C=O) groups excluding carboxylic acids is 1. The van der Waals surface area contributed by atoms with Crippen molar-refractivity contribution in [3.8, 4) is 0 Å². The lowest BCUT2D eigenvalue weighted by Crippen LogP contribution is -2.33. The van der Waals surface area contributed by atoms with Crippen LogP contribution in [0.1, 0.15) is 5.56 Å². The minimum absolute atomic E-state index is 0.0788. The van der Waals surface area contributed by atoms with E-state index in [4.69, 9.17) is 0 Å². The van der Waals surface area contributed by atoms with Gasteiger partial charge in [-0.3, -0.25) is 4.79 Å². The zero-order valence-electron chi connectivity index (χ0n) is 12.7. The quantitative estimate of drug-likeness (QED) is 0.707. The van der Waals surface area contributed by atoms with E-state index in [1.54, 1.807) is 19.1 Å². The van der Waals surface area contributed by atoms with Gasteiger partial charge < -0.3 is 5.32 Å². The molecule has 2 aromatic rings. The Morgan fingerprint density at radius 1 is 1.12 bits per heavy atom. The Kier molecular flexibility index (Phi) is 5.86. The fourth-order valence-corrected chi connectivity index (χ4v) is 4.05. The molecule has 1 amide bonds. The summed E-state index contributed by atoms with van der Waals surface area (Å²) in [7, 11) is -4.01. The largest absolute Gasteiger partial charge is 0.322 e. The molecular formula is C15H12BrF3N2O3S. The number of aryl methyl sites for hydroxylation is 1. The van der Waals surface area contributed by atoms with Crippen LogP contribution in [0.25, 0.3) is 0 Å². The van der Waals surface area contributed by atoms with Gasteiger partial charge in [-0.2, -0.15) is 0 Å². The predicted molar refractivity (Wildman–Crippen MR) is 89.0 cm³/mol. The summed E-state index contributed by atoms with van der Waals surface area (Å²) in [4.78, 5) is 11.7. The highest BCUT2D eigenvalue weighted by molar-refractivity contribution is 9.10. The van der Waals surface area contributed by atoms with Gasteiger partial charge in [0.15, 0.2) is 17.5 Å². The standard InChI is InChI=1S/C15H12BrF3N2O3S/c1-8-2-5-12(9(16)6-8)25(23,24)20-7-13(22)21-11-4-3-10(17)14(18)15(11)19/h2-6,20H,7H2,1H3,(H,21,22). The van der Waals surface area contributed by atoms with Crippen molar-refractivity contribution in [2.24, 2.45) is 0 Å². The van der Waals surface area contributed by atoms with E-state index in [9.17, 15) is 26.4 Å². The molecule has 2 aromatic carbocycles. The Bertz CT molecular complexity index is 936. The summed E-state index contributed by atoms with van der Waals surface area (Å²) in [5.74, 6) is -5.66. The second kappa shape index (κ2) is 7.54. The summed E-state index contributed by atoms with van der Waals surface area (Å²) >= 11 is 3.12. The van der Waals surface area contributed by atoms with Crippen molar-refractivity contribution < 1.29 is 26.4 Å². The number of hydrogen-bond acceptors (Lipinski definition) is 3. The summed E-state index contributed by atoms with van der Waals surface area (Å²) in [5, 5.41) is 1.97. The molecule has 10 heteroatoms. The van der Waals surface area contributed by atoms with Crippen LogP contribution in [0.4, 0.5) is 18.9 Å². The number of anilines is 1. The maximum absolute atomic E-state index is 13.5. The number of nitrogens with one attached hydrogen (secondary N) is 2. The molecule has 0 heterocycles. The van der Waals surface area contributed by atoms with Gasteiger partial charge in [0.1, 0.15) is 0 Å². The van der Waals surface area contributed by atoms with Gasteiger partial charge in [-0.05, 0) is 52.7 Å².